The number of hydrogen-bond acceptors (Lipinski definition) is 1. The van der Waals surface area contributed by atoms with Gasteiger partial charge in [-0.05, 0) is 57.0 Å². The second kappa shape index (κ2) is 7.78. The minimum atomic E-state index is -4.48. The highest BCUT2D eigenvalue weighted by Gasteiger charge is 2.34. The molecule has 0 radical (unpaired) electrons. The monoisotopic (exact) mass is 400 g/mol. The van der Waals surface area contributed by atoms with Crippen LogP contribution in [0.1, 0.15) is 44.0 Å². The Hall–Kier alpha value is -3.02. The zero-order valence-electron chi connectivity index (χ0n) is 16.8. The quantitative estimate of drug-likeness (QED) is 0.602. The predicted octanol–water partition coefficient (Wildman–Crippen LogP) is 5.66. The van der Waals surface area contributed by atoms with E-state index in [4.69, 9.17) is 0 Å². The maximum atomic E-state index is 13.4. The third kappa shape index (κ3) is 4.21. The van der Waals surface area contributed by atoms with Crippen molar-refractivity contribution in [1.82, 2.24) is 9.88 Å². The Morgan fingerprint density at radius 3 is 2.38 bits per heavy atom. The number of alkyl halides is 3. The molecule has 3 nitrogen and oxygen atoms in total. The number of halogens is 3. The molecule has 152 valence electrons. The zero-order valence-corrected chi connectivity index (χ0v) is 16.8. The lowest BCUT2D eigenvalue weighted by Crippen LogP contribution is -2.24. The van der Waals surface area contributed by atoms with Crippen LogP contribution in [0.15, 0.2) is 48.5 Å². The van der Waals surface area contributed by atoms with Crippen molar-refractivity contribution < 1.29 is 18.0 Å². The van der Waals surface area contributed by atoms with Crippen LogP contribution in [-0.4, -0.2) is 10.5 Å². The highest BCUT2D eigenvalue weighted by molar-refractivity contribution is 5.96. The lowest BCUT2D eigenvalue weighted by atomic mass is 10.1. The summed E-state index contributed by atoms with van der Waals surface area (Å²) in [6.07, 6.45) is -4.48. The Morgan fingerprint density at radius 1 is 1.00 bits per heavy atom. The van der Waals surface area contributed by atoms with Gasteiger partial charge in [-0.2, -0.15) is 13.2 Å². The maximum Gasteiger partial charge on any atom is 0.418 e. The van der Waals surface area contributed by atoms with Gasteiger partial charge >= 0.3 is 6.18 Å². The van der Waals surface area contributed by atoms with Gasteiger partial charge in [0.1, 0.15) is 0 Å². The van der Waals surface area contributed by atoms with E-state index in [1.165, 1.54) is 16.7 Å². The molecule has 0 saturated carbocycles. The van der Waals surface area contributed by atoms with Gasteiger partial charge in [0, 0.05) is 17.9 Å². The van der Waals surface area contributed by atoms with Gasteiger partial charge in [-0.15, -0.1) is 0 Å². The molecule has 1 amide bonds. The van der Waals surface area contributed by atoms with Crippen LogP contribution >= 0.6 is 0 Å². The molecule has 0 saturated heterocycles. The maximum absolute atomic E-state index is 13.4. The van der Waals surface area contributed by atoms with E-state index in [1.807, 2.05) is 32.0 Å². The van der Waals surface area contributed by atoms with Crippen molar-refractivity contribution in [3.8, 4) is 5.69 Å². The van der Waals surface area contributed by atoms with Crippen LogP contribution in [0.5, 0.6) is 0 Å². The molecule has 1 aromatic heterocycles. The third-order valence-electron chi connectivity index (χ3n) is 5.07. The van der Waals surface area contributed by atoms with E-state index in [9.17, 15) is 18.0 Å². The molecule has 3 aromatic rings. The molecular formula is C23H23F3N2O. The Bertz CT molecular complexity index is 1060. The van der Waals surface area contributed by atoms with Gasteiger partial charge in [0.2, 0.25) is 0 Å². The molecule has 2 aromatic carbocycles. The standard InChI is InChI=1S/C23H23F3N2O/c1-14-9-10-15(2)18(11-14)13-27-22(29)19-12-16(3)28(17(19)4)21-8-6-5-7-20(21)23(24,25)26/h5-12H,13H2,1-4H3,(H,27,29). The van der Waals surface area contributed by atoms with Crippen molar-refractivity contribution >= 4 is 5.91 Å². The average Bonchev–Trinajstić information content (AvgIpc) is 2.95. The molecule has 3 rings (SSSR count). The number of amides is 1. The Kier molecular flexibility index (Phi) is 5.55. The minimum absolute atomic E-state index is 0.0172. The third-order valence-corrected chi connectivity index (χ3v) is 5.07. The van der Waals surface area contributed by atoms with Crippen molar-refractivity contribution in [2.24, 2.45) is 0 Å². The summed E-state index contributed by atoms with van der Waals surface area (Å²) in [4.78, 5) is 12.8. The van der Waals surface area contributed by atoms with Crippen LogP contribution in [0.3, 0.4) is 0 Å². The van der Waals surface area contributed by atoms with Crippen LogP contribution < -0.4 is 5.32 Å². The van der Waals surface area contributed by atoms with Crippen LogP contribution in [0.4, 0.5) is 13.2 Å². The first kappa shape index (κ1) is 20.7. The summed E-state index contributed by atoms with van der Waals surface area (Å²) in [6, 6.07) is 13.0. The Labute approximate surface area is 168 Å². The predicted molar refractivity (Wildman–Crippen MR) is 107 cm³/mol. The van der Waals surface area contributed by atoms with E-state index >= 15 is 0 Å². The van der Waals surface area contributed by atoms with Crippen molar-refractivity contribution in [3.05, 3.63) is 87.7 Å². The lowest BCUT2D eigenvalue weighted by Gasteiger charge is -2.17. The highest BCUT2D eigenvalue weighted by atomic mass is 19.4. The largest absolute Gasteiger partial charge is 0.418 e. The molecular weight excluding hydrogens is 377 g/mol. The van der Waals surface area contributed by atoms with E-state index < -0.39 is 11.7 Å². The molecule has 0 spiro atoms. The average molecular weight is 400 g/mol. The fourth-order valence-corrected chi connectivity index (χ4v) is 3.53. The molecule has 0 bridgehead atoms. The van der Waals surface area contributed by atoms with Crippen molar-refractivity contribution in [2.45, 2.75) is 40.4 Å². The molecule has 1 heterocycles. The summed E-state index contributed by atoms with van der Waals surface area (Å²) in [5.74, 6) is -0.310. The molecule has 6 heteroatoms. The van der Waals surface area contributed by atoms with Crippen LogP contribution in [-0.2, 0) is 12.7 Å². The lowest BCUT2D eigenvalue weighted by molar-refractivity contribution is -0.137. The molecule has 0 atom stereocenters. The molecule has 0 aliphatic rings. The summed E-state index contributed by atoms with van der Waals surface area (Å²) in [5, 5.41) is 2.89. The smallest absolute Gasteiger partial charge is 0.348 e. The minimum Gasteiger partial charge on any atom is -0.348 e. The first-order chi connectivity index (χ1) is 13.6. The van der Waals surface area contributed by atoms with E-state index in [0.717, 1.165) is 22.8 Å². The number of aromatic nitrogens is 1. The van der Waals surface area contributed by atoms with E-state index in [2.05, 4.69) is 5.32 Å². The van der Waals surface area contributed by atoms with Gasteiger partial charge in [0.15, 0.2) is 0 Å². The Morgan fingerprint density at radius 2 is 1.69 bits per heavy atom. The molecule has 0 fully saturated rings. The van der Waals surface area contributed by atoms with Crippen LogP contribution in [0.25, 0.3) is 5.69 Å². The van der Waals surface area contributed by atoms with E-state index in [-0.39, 0.29) is 11.6 Å². The van der Waals surface area contributed by atoms with Gasteiger partial charge in [-0.25, -0.2) is 0 Å². The second-order valence-corrected chi connectivity index (χ2v) is 7.25. The van der Waals surface area contributed by atoms with Crippen LogP contribution in [0, 0.1) is 27.7 Å². The van der Waals surface area contributed by atoms with Gasteiger partial charge in [0.05, 0.1) is 16.8 Å². The zero-order chi connectivity index (χ0) is 21.3. The number of nitrogens with zero attached hydrogens (tertiary/aromatic N) is 1. The fraction of sp³-hybridized carbons (Fsp3) is 0.261. The van der Waals surface area contributed by atoms with E-state index in [0.29, 0.717) is 23.5 Å². The number of carbonyl (C=O) groups excluding carboxylic acids is 1. The van der Waals surface area contributed by atoms with E-state index in [1.54, 1.807) is 26.0 Å². The molecule has 29 heavy (non-hydrogen) atoms. The molecule has 1 N–H and O–H groups in total. The molecule has 0 aliphatic carbocycles. The fourth-order valence-electron chi connectivity index (χ4n) is 3.53. The topological polar surface area (TPSA) is 34.0 Å². The summed E-state index contributed by atoms with van der Waals surface area (Å²) < 4.78 is 41.8. The first-order valence-corrected chi connectivity index (χ1v) is 9.29. The summed E-state index contributed by atoms with van der Waals surface area (Å²) in [7, 11) is 0. The highest BCUT2D eigenvalue weighted by Crippen LogP contribution is 2.35. The number of benzene rings is 2. The van der Waals surface area contributed by atoms with Gasteiger partial charge in [-0.3, -0.25) is 4.79 Å². The number of para-hydroxylation sites is 1. The molecule has 0 unspecified atom stereocenters. The summed E-state index contributed by atoms with van der Waals surface area (Å²) in [5.41, 5.74) is 3.86. The number of aryl methyl sites for hydroxylation is 3. The second-order valence-electron chi connectivity index (χ2n) is 7.25. The van der Waals surface area contributed by atoms with Gasteiger partial charge in [0.25, 0.3) is 5.91 Å². The van der Waals surface area contributed by atoms with Crippen molar-refractivity contribution in [3.63, 3.8) is 0 Å². The summed E-state index contributed by atoms with van der Waals surface area (Å²) >= 11 is 0. The van der Waals surface area contributed by atoms with Crippen LogP contribution in [0.2, 0.25) is 0 Å². The SMILES string of the molecule is Cc1ccc(C)c(CNC(=O)c2cc(C)n(-c3ccccc3C(F)(F)F)c2C)c1. The first-order valence-electron chi connectivity index (χ1n) is 9.29. The molecule has 0 aliphatic heterocycles. The number of nitrogens with one attached hydrogen (secondary N) is 1. The number of rotatable bonds is 4. The van der Waals surface area contributed by atoms with Gasteiger partial charge < -0.3 is 9.88 Å². The summed E-state index contributed by atoms with van der Waals surface area (Å²) in [6.45, 7) is 7.67. The number of hydrogen-bond donors (Lipinski definition) is 1. The van der Waals surface area contributed by atoms with Gasteiger partial charge in [-0.1, -0.05) is 35.9 Å². The Balaban J connectivity index is 1.92. The van der Waals surface area contributed by atoms with Crippen molar-refractivity contribution in [2.75, 3.05) is 0 Å². The normalized spacial score (nSPS) is 11.6. The number of carbonyl (C=O) groups is 1. The van der Waals surface area contributed by atoms with Crippen molar-refractivity contribution in [1.29, 1.82) is 0 Å².